The average Bonchev–Trinajstić information content (AvgIpc) is 3.10. The lowest BCUT2D eigenvalue weighted by molar-refractivity contribution is -0.153. The van der Waals surface area contributed by atoms with Crippen LogP contribution in [0.1, 0.15) is 33.6 Å². The van der Waals surface area contributed by atoms with Crippen molar-refractivity contribution in [1.82, 2.24) is 14.5 Å². The number of hydrogen-bond acceptors (Lipinski definition) is 4. The summed E-state index contributed by atoms with van der Waals surface area (Å²) in [5.74, 6) is -0.596. The minimum Gasteiger partial charge on any atom is -0.352 e. The van der Waals surface area contributed by atoms with E-state index in [2.05, 4.69) is 5.32 Å². The molecule has 1 saturated carbocycles. The van der Waals surface area contributed by atoms with Crippen LogP contribution in [0.2, 0.25) is 0 Å². The van der Waals surface area contributed by atoms with Gasteiger partial charge in [0.2, 0.25) is 21.8 Å². The van der Waals surface area contributed by atoms with Crippen LogP contribution in [0.25, 0.3) is 0 Å². The molecule has 1 saturated heterocycles. The van der Waals surface area contributed by atoms with Crippen molar-refractivity contribution in [3.8, 4) is 0 Å². The number of carbonyl (C=O) groups is 2. The highest BCUT2D eigenvalue weighted by Crippen LogP contribution is 2.36. The van der Waals surface area contributed by atoms with Crippen molar-refractivity contribution in [3.05, 3.63) is 0 Å². The Bertz CT molecular complexity index is 556. The normalized spacial score (nSPS) is 28.0. The van der Waals surface area contributed by atoms with E-state index in [9.17, 15) is 18.0 Å². The van der Waals surface area contributed by atoms with Crippen molar-refractivity contribution in [2.24, 2.45) is 0 Å². The van der Waals surface area contributed by atoms with E-state index < -0.39 is 15.6 Å². The molecule has 1 N–H and O–H groups in total. The summed E-state index contributed by atoms with van der Waals surface area (Å²) in [5.41, 5.74) is -1.15. The Morgan fingerprint density at radius 1 is 1.38 bits per heavy atom. The van der Waals surface area contributed by atoms with Gasteiger partial charge >= 0.3 is 0 Å². The van der Waals surface area contributed by atoms with Gasteiger partial charge in [-0.05, 0) is 33.6 Å². The molecule has 1 aliphatic carbocycles. The Kier molecular flexibility index (Phi) is 4.05. The summed E-state index contributed by atoms with van der Waals surface area (Å²) in [5, 5.41) is 2.80. The second kappa shape index (κ2) is 5.24. The summed E-state index contributed by atoms with van der Waals surface area (Å²) in [7, 11) is -3.51. The maximum absolute atomic E-state index is 12.6. The molecular weight excluding hydrogens is 294 g/mol. The zero-order valence-corrected chi connectivity index (χ0v) is 13.7. The molecule has 0 bridgehead atoms. The van der Waals surface area contributed by atoms with Gasteiger partial charge in [0.05, 0.1) is 12.8 Å². The van der Waals surface area contributed by atoms with E-state index in [1.165, 1.54) is 0 Å². The van der Waals surface area contributed by atoms with E-state index in [0.29, 0.717) is 0 Å². The molecule has 2 aliphatic rings. The summed E-state index contributed by atoms with van der Waals surface area (Å²) >= 11 is 0. The fourth-order valence-corrected chi connectivity index (χ4v) is 3.58. The Morgan fingerprint density at radius 3 is 2.38 bits per heavy atom. The summed E-state index contributed by atoms with van der Waals surface area (Å²) in [6.07, 6.45) is 2.80. The van der Waals surface area contributed by atoms with Crippen LogP contribution in [0, 0.1) is 0 Å². The number of carbonyl (C=O) groups excluding carboxylic acids is 2. The Hall–Kier alpha value is -1.15. The molecule has 0 spiro atoms. The van der Waals surface area contributed by atoms with Crippen molar-refractivity contribution in [3.63, 3.8) is 0 Å². The van der Waals surface area contributed by atoms with Gasteiger partial charge in [0.1, 0.15) is 5.54 Å². The fraction of sp³-hybridized carbons (Fsp3) is 0.846. The first-order chi connectivity index (χ1) is 9.55. The zero-order valence-electron chi connectivity index (χ0n) is 12.9. The molecule has 1 unspecified atom stereocenters. The number of amides is 2. The van der Waals surface area contributed by atoms with Gasteiger partial charge in [0.25, 0.3) is 0 Å². The number of sulfonamides is 1. The standard InChI is InChI=1S/C13H23N3O4S/c1-9(2)14-12(18)13(3)8-15(21(4,19)20)7-11(17)16(13)10-5-6-10/h9-10H,5-8H2,1-4H3,(H,14,18). The zero-order chi connectivity index (χ0) is 16.0. The number of nitrogens with one attached hydrogen (secondary N) is 1. The van der Waals surface area contributed by atoms with Crippen LogP contribution in [0.4, 0.5) is 0 Å². The van der Waals surface area contributed by atoms with Crippen LogP contribution < -0.4 is 5.32 Å². The van der Waals surface area contributed by atoms with E-state index >= 15 is 0 Å². The lowest BCUT2D eigenvalue weighted by Crippen LogP contribution is -2.70. The molecular formula is C13H23N3O4S. The summed E-state index contributed by atoms with van der Waals surface area (Å²) < 4.78 is 24.7. The van der Waals surface area contributed by atoms with Gasteiger partial charge in [-0.3, -0.25) is 9.59 Å². The maximum Gasteiger partial charge on any atom is 0.247 e. The number of piperazine rings is 1. The van der Waals surface area contributed by atoms with E-state index in [0.717, 1.165) is 23.4 Å². The summed E-state index contributed by atoms with van der Waals surface area (Å²) in [6, 6.07) is -0.0128. The quantitative estimate of drug-likeness (QED) is 0.760. The van der Waals surface area contributed by atoms with Crippen LogP contribution >= 0.6 is 0 Å². The monoisotopic (exact) mass is 317 g/mol. The molecule has 1 heterocycles. The van der Waals surface area contributed by atoms with Gasteiger partial charge in [-0.1, -0.05) is 0 Å². The molecule has 8 heteroatoms. The summed E-state index contributed by atoms with van der Waals surface area (Å²) in [4.78, 5) is 26.5. The first-order valence-corrected chi connectivity index (χ1v) is 8.99. The van der Waals surface area contributed by atoms with Crippen LogP contribution in [0.15, 0.2) is 0 Å². The highest BCUT2D eigenvalue weighted by atomic mass is 32.2. The Labute approximate surface area is 125 Å². The van der Waals surface area contributed by atoms with Crippen LogP contribution in [-0.4, -0.2) is 66.4 Å². The third kappa shape index (κ3) is 3.21. The number of hydrogen-bond donors (Lipinski definition) is 1. The minimum atomic E-state index is -3.51. The molecule has 21 heavy (non-hydrogen) atoms. The molecule has 0 radical (unpaired) electrons. The molecule has 2 amide bonds. The maximum atomic E-state index is 12.6. The predicted molar refractivity (Wildman–Crippen MR) is 78.0 cm³/mol. The molecule has 0 aromatic rings. The lowest BCUT2D eigenvalue weighted by atomic mass is 9.95. The Morgan fingerprint density at radius 2 is 1.95 bits per heavy atom. The lowest BCUT2D eigenvalue weighted by Gasteiger charge is -2.47. The van der Waals surface area contributed by atoms with Gasteiger partial charge < -0.3 is 10.2 Å². The van der Waals surface area contributed by atoms with E-state index in [1.807, 2.05) is 13.8 Å². The minimum absolute atomic E-state index is 0.00657. The highest BCUT2D eigenvalue weighted by Gasteiger charge is 2.54. The fourth-order valence-electron chi connectivity index (χ4n) is 2.75. The van der Waals surface area contributed by atoms with Crippen molar-refractivity contribution in [1.29, 1.82) is 0 Å². The molecule has 1 aliphatic heterocycles. The first-order valence-electron chi connectivity index (χ1n) is 7.14. The highest BCUT2D eigenvalue weighted by molar-refractivity contribution is 7.88. The number of rotatable bonds is 4. The Balaban J connectivity index is 2.35. The largest absolute Gasteiger partial charge is 0.352 e. The smallest absolute Gasteiger partial charge is 0.247 e. The van der Waals surface area contributed by atoms with E-state index in [-0.39, 0.29) is 37.0 Å². The second-order valence-electron chi connectivity index (χ2n) is 6.43. The van der Waals surface area contributed by atoms with E-state index in [4.69, 9.17) is 0 Å². The van der Waals surface area contributed by atoms with E-state index in [1.54, 1.807) is 11.8 Å². The SMILES string of the molecule is CC(C)NC(=O)C1(C)CN(S(C)(=O)=O)CC(=O)N1C1CC1. The third-order valence-corrected chi connectivity index (χ3v) is 5.08. The molecule has 120 valence electrons. The third-order valence-electron chi connectivity index (χ3n) is 3.89. The van der Waals surface area contributed by atoms with Crippen molar-refractivity contribution in [2.75, 3.05) is 19.3 Å². The van der Waals surface area contributed by atoms with Crippen LogP contribution in [0.3, 0.4) is 0 Å². The van der Waals surface area contributed by atoms with Crippen LogP contribution in [0.5, 0.6) is 0 Å². The second-order valence-corrected chi connectivity index (χ2v) is 8.41. The average molecular weight is 317 g/mol. The predicted octanol–water partition coefficient (Wildman–Crippen LogP) is -0.464. The molecule has 2 fully saturated rings. The van der Waals surface area contributed by atoms with Gasteiger partial charge in [-0.15, -0.1) is 0 Å². The van der Waals surface area contributed by atoms with Gasteiger partial charge in [-0.25, -0.2) is 8.42 Å². The molecule has 2 rings (SSSR count). The molecule has 0 aromatic carbocycles. The van der Waals surface area contributed by atoms with Crippen molar-refractivity contribution in [2.45, 2.75) is 51.2 Å². The van der Waals surface area contributed by atoms with Crippen LogP contribution in [-0.2, 0) is 19.6 Å². The van der Waals surface area contributed by atoms with Crippen molar-refractivity contribution < 1.29 is 18.0 Å². The number of nitrogens with zero attached hydrogens (tertiary/aromatic N) is 2. The van der Waals surface area contributed by atoms with Gasteiger partial charge in [-0.2, -0.15) is 4.31 Å². The topological polar surface area (TPSA) is 86.8 Å². The molecule has 1 atom stereocenters. The van der Waals surface area contributed by atoms with Crippen molar-refractivity contribution >= 4 is 21.8 Å². The first kappa shape index (κ1) is 16.2. The van der Waals surface area contributed by atoms with Gasteiger partial charge in [0, 0.05) is 18.6 Å². The molecule has 7 nitrogen and oxygen atoms in total. The summed E-state index contributed by atoms with van der Waals surface area (Å²) in [6.45, 7) is 5.15. The van der Waals surface area contributed by atoms with Gasteiger partial charge in [0.15, 0.2) is 0 Å². The molecule has 0 aromatic heterocycles.